The number of nitrogens with zero attached hydrogens (tertiary/aromatic N) is 1. The predicted molar refractivity (Wildman–Crippen MR) is 106 cm³/mol. The van der Waals surface area contributed by atoms with Gasteiger partial charge in [-0.15, -0.1) is 0 Å². The number of benzene rings is 2. The zero-order valence-corrected chi connectivity index (χ0v) is 16.7. The fourth-order valence-electron chi connectivity index (χ4n) is 2.91. The van der Waals surface area contributed by atoms with Crippen LogP contribution < -0.4 is 9.62 Å². The topological polar surface area (TPSA) is 92.8 Å². The number of rotatable bonds is 6. The summed E-state index contributed by atoms with van der Waals surface area (Å²) in [6, 6.07) is 11.7. The maximum absolute atomic E-state index is 12.2. The van der Waals surface area contributed by atoms with Gasteiger partial charge in [-0.1, -0.05) is 23.7 Å². The Kier molecular flexibility index (Phi) is 5.90. The van der Waals surface area contributed by atoms with Crippen molar-refractivity contribution in [3.63, 3.8) is 0 Å². The molecular weight excluding hydrogens is 404 g/mol. The van der Waals surface area contributed by atoms with Crippen LogP contribution in [0.5, 0.6) is 0 Å². The van der Waals surface area contributed by atoms with E-state index >= 15 is 0 Å². The second-order valence-corrected chi connectivity index (χ2v) is 8.75. The molecule has 3 rings (SSSR count). The van der Waals surface area contributed by atoms with Crippen molar-refractivity contribution in [1.82, 2.24) is 5.32 Å². The lowest BCUT2D eigenvalue weighted by Gasteiger charge is -2.16. The van der Waals surface area contributed by atoms with Crippen molar-refractivity contribution in [2.75, 3.05) is 23.7 Å². The maximum Gasteiger partial charge on any atom is 0.338 e. The summed E-state index contributed by atoms with van der Waals surface area (Å²) in [5.41, 5.74) is 2.48. The summed E-state index contributed by atoms with van der Waals surface area (Å²) >= 11 is 5.81. The monoisotopic (exact) mass is 422 g/mol. The van der Waals surface area contributed by atoms with E-state index in [1.54, 1.807) is 36.4 Å². The summed E-state index contributed by atoms with van der Waals surface area (Å²) in [6.07, 6.45) is 1.66. The van der Waals surface area contributed by atoms with Gasteiger partial charge in [0.2, 0.25) is 10.0 Å². The molecule has 148 valence electrons. The lowest BCUT2D eigenvalue weighted by Crippen LogP contribution is -2.28. The van der Waals surface area contributed by atoms with E-state index in [4.69, 9.17) is 16.3 Å². The first kappa shape index (κ1) is 20.2. The number of fused-ring (bicyclic) bond motifs is 1. The van der Waals surface area contributed by atoms with E-state index in [0.29, 0.717) is 30.2 Å². The number of hydrogen-bond acceptors (Lipinski definition) is 5. The van der Waals surface area contributed by atoms with Crippen LogP contribution in [-0.4, -0.2) is 39.7 Å². The van der Waals surface area contributed by atoms with Gasteiger partial charge in [0, 0.05) is 18.1 Å². The Balaban J connectivity index is 1.54. The SMILES string of the molecule is CS(=O)(=O)N1CCc2cc(C(=O)OCC(=O)NCc3ccc(Cl)cc3)ccc21. The molecule has 0 saturated heterocycles. The van der Waals surface area contributed by atoms with Crippen LogP contribution in [0.2, 0.25) is 5.02 Å². The van der Waals surface area contributed by atoms with Gasteiger partial charge in [0.05, 0.1) is 17.5 Å². The quantitative estimate of drug-likeness (QED) is 0.720. The van der Waals surface area contributed by atoms with E-state index in [1.165, 1.54) is 10.4 Å². The van der Waals surface area contributed by atoms with E-state index < -0.39 is 28.5 Å². The van der Waals surface area contributed by atoms with Crippen molar-refractivity contribution < 1.29 is 22.7 Å². The molecule has 0 atom stereocenters. The largest absolute Gasteiger partial charge is 0.452 e. The number of hydrogen-bond donors (Lipinski definition) is 1. The number of nitrogens with one attached hydrogen (secondary N) is 1. The highest BCUT2D eigenvalue weighted by molar-refractivity contribution is 7.92. The lowest BCUT2D eigenvalue weighted by atomic mass is 10.1. The van der Waals surface area contributed by atoms with Gasteiger partial charge in [0.1, 0.15) is 0 Å². The van der Waals surface area contributed by atoms with E-state index in [0.717, 1.165) is 17.4 Å². The number of ether oxygens (including phenoxy) is 1. The Morgan fingerprint density at radius 1 is 1.18 bits per heavy atom. The fourth-order valence-corrected chi connectivity index (χ4v) is 4.00. The molecule has 0 saturated carbocycles. The van der Waals surface area contributed by atoms with Gasteiger partial charge in [-0.3, -0.25) is 9.10 Å². The van der Waals surface area contributed by atoms with Gasteiger partial charge < -0.3 is 10.1 Å². The van der Waals surface area contributed by atoms with Crippen molar-refractivity contribution >= 4 is 39.2 Å². The second kappa shape index (κ2) is 8.20. The molecule has 0 spiro atoms. The summed E-state index contributed by atoms with van der Waals surface area (Å²) in [5, 5.41) is 3.27. The number of sulfonamides is 1. The van der Waals surface area contributed by atoms with Crippen molar-refractivity contribution in [3.8, 4) is 0 Å². The Morgan fingerprint density at radius 3 is 2.57 bits per heavy atom. The summed E-state index contributed by atoms with van der Waals surface area (Å²) in [4.78, 5) is 24.1. The van der Waals surface area contributed by atoms with Crippen LogP contribution in [0, 0.1) is 0 Å². The number of esters is 1. The highest BCUT2D eigenvalue weighted by Crippen LogP contribution is 2.30. The van der Waals surface area contributed by atoms with Gasteiger partial charge in [-0.05, 0) is 47.9 Å². The van der Waals surface area contributed by atoms with Crippen LogP contribution in [0.1, 0.15) is 21.5 Å². The number of carbonyl (C=O) groups excluding carboxylic acids is 2. The molecule has 1 N–H and O–H groups in total. The fraction of sp³-hybridized carbons (Fsp3) is 0.263. The van der Waals surface area contributed by atoms with Crippen LogP contribution in [0.4, 0.5) is 5.69 Å². The molecular formula is C19H19ClN2O5S. The van der Waals surface area contributed by atoms with E-state index in [2.05, 4.69) is 5.32 Å². The number of amides is 1. The maximum atomic E-state index is 12.2. The first-order valence-corrected chi connectivity index (χ1v) is 10.8. The minimum Gasteiger partial charge on any atom is -0.452 e. The van der Waals surface area contributed by atoms with Gasteiger partial charge in [-0.25, -0.2) is 13.2 Å². The zero-order valence-electron chi connectivity index (χ0n) is 15.1. The van der Waals surface area contributed by atoms with Crippen LogP contribution in [0.15, 0.2) is 42.5 Å². The van der Waals surface area contributed by atoms with E-state index in [1.807, 2.05) is 0 Å². The summed E-state index contributed by atoms with van der Waals surface area (Å²) in [5.74, 6) is -1.06. The molecule has 9 heteroatoms. The van der Waals surface area contributed by atoms with Crippen molar-refractivity contribution in [3.05, 3.63) is 64.2 Å². The first-order chi connectivity index (χ1) is 13.2. The molecule has 1 amide bonds. The van der Waals surface area contributed by atoms with Crippen molar-refractivity contribution in [2.45, 2.75) is 13.0 Å². The van der Waals surface area contributed by atoms with Gasteiger partial charge in [-0.2, -0.15) is 0 Å². The molecule has 0 bridgehead atoms. The number of halogens is 1. The van der Waals surface area contributed by atoms with Gasteiger partial charge in [0.25, 0.3) is 5.91 Å². The van der Waals surface area contributed by atoms with Gasteiger partial charge >= 0.3 is 5.97 Å². The molecule has 7 nitrogen and oxygen atoms in total. The zero-order chi connectivity index (χ0) is 20.3. The van der Waals surface area contributed by atoms with Crippen LogP contribution in [-0.2, 0) is 32.5 Å². The third-order valence-electron chi connectivity index (χ3n) is 4.31. The minimum atomic E-state index is -3.35. The summed E-state index contributed by atoms with van der Waals surface area (Å²) in [7, 11) is -3.35. The van der Waals surface area contributed by atoms with Crippen LogP contribution in [0.3, 0.4) is 0 Å². The molecule has 1 heterocycles. The van der Waals surface area contributed by atoms with Crippen molar-refractivity contribution in [1.29, 1.82) is 0 Å². The Bertz CT molecular complexity index is 1010. The van der Waals surface area contributed by atoms with E-state index in [-0.39, 0.29) is 5.56 Å². The lowest BCUT2D eigenvalue weighted by molar-refractivity contribution is -0.124. The molecule has 0 fully saturated rings. The minimum absolute atomic E-state index is 0.277. The predicted octanol–water partition coefficient (Wildman–Crippen LogP) is 2.14. The average Bonchev–Trinajstić information content (AvgIpc) is 3.09. The number of anilines is 1. The standard InChI is InChI=1S/C19H19ClN2O5S/c1-28(25,26)22-9-8-14-10-15(4-7-17(14)22)19(24)27-12-18(23)21-11-13-2-5-16(20)6-3-13/h2-7,10H,8-9,11-12H2,1H3,(H,21,23). The first-order valence-electron chi connectivity index (χ1n) is 8.53. The van der Waals surface area contributed by atoms with Gasteiger partial charge in [0.15, 0.2) is 6.61 Å². The molecule has 0 unspecified atom stereocenters. The Hall–Kier alpha value is -2.58. The molecule has 1 aliphatic rings. The second-order valence-electron chi connectivity index (χ2n) is 6.41. The smallest absolute Gasteiger partial charge is 0.338 e. The molecule has 28 heavy (non-hydrogen) atoms. The third-order valence-corrected chi connectivity index (χ3v) is 5.74. The van der Waals surface area contributed by atoms with Crippen molar-refractivity contribution in [2.24, 2.45) is 0 Å². The molecule has 2 aromatic carbocycles. The summed E-state index contributed by atoms with van der Waals surface area (Å²) < 4.78 is 29.9. The summed E-state index contributed by atoms with van der Waals surface area (Å²) in [6.45, 7) is 0.243. The molecule has 2 aromatic rings. The normalized spacial score (nSPS) is 13.1. The Morgan fingerprint density at radius 2 is 1.89 bits per heavy atom. The molecule has 0 radical (unpaired) electrons. The van der Waals surface area contributed by atoms with Crippen LogP contribution >= 0.6 is 11.6 Å². The molecule has 0 aliphatic carbocycles. The molecule has 1 aliphatic heterocycles. The van der Waals surface area contributed by atoms with E-state index in [9.17, 15) is 18.0 Å². The Labute approximate surface area is 168 Å². The third kappa shape index (κ3) is 4.82. The average molecular weight is 423 g/mol. The van der Waals surface area contributed by atoms with Crippen LogP contribution in [0.25, 0.3) is 0 Å². The highest BCUT2D eigenvalue weighted by atomic mass is 35.5. The highest BCUT2D eigenvalue weighted by Gasteiger charge is 2.27. The molecule has 0 aromatic heterocycles. The number of carbonyl (C=O) groups is 2.